The average molecular weight is 502 g/mol. The van der Waals surface area contributed by atoms with Crippen molar-refractivity contribution in [1.29, 1.82) is 0 Å². The molecule has 0 aliphatic rings. The summed E-state index contributed by atoms with van der Waals surface area (Å²) in [6.07, 6.45) is 3.70. The lowest BCUT2D eigenvalue weighted by Crippen LogP contribution is -2.06. The Bertz CT molecular complexity index is 770. The Morgan fingerprint density at radius 1 is 1.08 bits per heavy atom. The van der Waals surface area contributed by atoms with Crippen LogP contribution in [0.3, 0.4) is 0 Å². The van der Waals surface area contributed by atoms with E-state index >= 15 is 0 Å². The molecule has 1 heterocycles. The summed E-state index contributed by atoms with van der Waals surface area (Å²) in [5.74, 6) is 1.72. The van der Waals surface area contributed by atoms with Crippen molar-refractivity contribution in [3.05, 3.63) is 55.5 Å². The van der Waals surface area contributed by atoms with Crippen molar-refractivity contribution in [3.8, 4) is 17.4 Å². The third kappa shape index (κ3) is 7.41. The molecule has 0 spiro atoms. The summed E-state index contributed by atoms with van der Waals surface area (Å²) < 4.78 is 17.6. The van der Waals surface area contributed by atoms with Crippen molar-refractivity contribution in [2.75, 3.05) is 19.8 Å². The molecule has 0 bridgehead atoms. The molecule has 140 valence electrons. The van der Waals surface area contributed by atoms with Gasteiger partial charge in [0.05, 0.1) is 22.7 Å². The lowest BCUT2D eigenvalue weighted by atomic mass is 10.3. The maximum Gasteiger partial charge on any atom is 0.232 e. The molecular formula is C17H14BrCl4NO3. The Balaban J connectivity index is 1.74. The minimum absolute atomic E-state index is 0.168. The van der Waals surface area contributed by atoms with E-state index in [0.29, 0.717) is 47.1 Å². The Morgan fingerprint density at radius 2 is 1.85 bits per heavy atom. The highest BCUT2D eigenvalue weighted by atomic mass is 79.9. The van der Waals surface area contributed by atoms with E-state index in [2.05, 4.69) is 20.9 Å². The van der Waals surface area contributed by atoms with Crippen molar-refractivity contribution in [2.45, 2.75) is 6.42 Å². The number of benzene rings is 1. The van der Waals surface area contributed by atoms with Gasteiger partial charge in [0.1, 0.15) is 27.6 Å². The zero-order valence-corrected chi connectivity index (χ0v) is 18.0. The van der Waals surface area contributed by atoms with Crippen molar-refractivity contribution < 1.29 is 14.2 Å². The summed E-state index contributed by atoms with van der Waals surface area (Å²) in [4.78, 5) is 4.02. The van der Waals surface area contributed by atoms with Gasteiger partial charge in [-0.1, -0.05) is 46.4 Å². The fourth-order valence-electron chi connectivity index (χ4n) is 1.81. The number of hydrogen-bond donors (Lipinski definition) is 0. The minimum Gasteiger partial charge on any atom is -0.492 e. The molecule has 0 saturated heterocycles. The highest BCUT2D eigenvalue weighted by Crippen LogP contribution is 2.29. The van der Waals surface area contributed by atoms with Crippen LogP contribution in [-0.4, -0.2) is 24.8 Å². The monoisotopic (exact) mass is 499 g/mol. The minimum atomic E-state index is 0.168. The zero-order valence-electron chi connectivity index (χ0n) is 13.4. The second-order valence-corrected chi connectivity index (χ2v) is 7.59. The van der Waals surface area contributed by atoms with E-state index in [9.17, 15) is 0 Å². The quantitative estimate of drug-likeness (QED) is 0.359. The number of nitrogens with zero attached hydrogens (tertiary/aromatic N) is 1. The number of rotatable bonds is 9. The van der Waals surface area contributed by atoms with E-state index in [1.54, 1.807) is 24.3 Å². The summed E-state index contributed by atoms with van der Waals surface area (Å²) in [6.45, 7) is 1.17. The predicted molar refractivity (Wildman–Crippen MR) is 109 cm³/mol. The van der Waals surface area contributed by atoms with E-state index < -0.39 is 0 Å². The molecule has 0 unspecified atom stereocenters. The molecule has 0 radical (unpaired) electrons. The smallest absolute Gasteiger partial charge is 0.232 e. The predicted octanol–water partition coefficient (Wildman–Crippen LogP) is 6.70. The normalized spacial score (nSPS) is 10.3. The van der Waals surface area contributed by atoms with Gasteiger partial charge >= 0.3 is 0 Å². The van der Waals surface area contributed by atoms with Crippen LogP contribution in [0, 0.1) is 0 Å². The SMILES string of the molecule is ClC(Cl)=CCOc1ccc(OCCCOc2ncc(Cl)cc2Cl)c(Br)c1. The van der Waals surface area contributed by atoms with Crippen LogP contribution in [-0.2, 0) is 0 Å². The van der Waals surface area contributed by atoms with Crippen molar-refractivity contribution in [1.82, 2.24) is 4.98 Å². The first-order chi connectivity index (χ1) is 12.5. The molecule has 9 heteroatoms. The van der Waals surface area contributed by atoms with Crippen LogP contribution in [0.2, 0.25) is 10.0 Å². The Kier molecular flexibility index (Phi) is 9.16. The lowest BCUT2D eigenvalue weighted by molar-refractivity contribution is 0.241. The molecule has 4 nitrogen and oxygen atoms in total. The molecule has 0 fully saturated rings. The fourth-order valence-corrected chi connectivity index (χ4v) is 2.84. The third-order valence-corrected chi connectivity index (χ3v) is 4.36. The van der Waals surface area contributed by atoms with Crippen molar-refractivity contribution in [2.24, 2.45) is 0 Å². The van der Waals surface area contributed by atoms with Crippen LogP contribution in [0.25, 0.3) is 0 Å². The molecule has 0 aliphatic carbocycles. The number of ether oxygens (including phenoxy) is 3. The van der Waals surface area contributed by atoms with Gasteiger partial charge in [-0.25, -0.2) is 4.98 Å². The highest BCUT2D eigenvalue weighted by molar-refractivity contribution is 9.10. The molecule has 0 saturated carbocycles. The van der Waals surface area contributed by atoms with Crippen LogP contribution < -0.4 is 14.2 Å². The maximum absolute atomic E-state index is 5.99. The van der Waals surface area contributed by atoms with E-state index in [0.717, 1.165) is 4.47 Å². The fraction of sp³-hybridized carbons (Fsp3) is 0.235. The third-order valence-electron chi connectivity index (χ3n) is 2.95. The first-order valence-electron chi connectivity index (χ1n) is 7.46. The highest BCUT2D eigenvalue weighted by Gasteiger charge is 2.06. The van der Waals surface area contributed by atoms with Gasteiger partial charge in [-0.05, 0) is 46.3 Å². The molecule has 0 aliphatic heterocycles. The Labute approximate surface area is 180 Å². The standard InChI is InChI=1S/C17H14BrCl4NO3/c18-13-9-12(24-7-4-16(21)22)2-3-15(13)25-5-1-6-26-17-14(20)8-11(19)10-23-17/h2-4,8-10H,1,5-7H2. The van der Waals surface area contributed by atoms with Gasteiger partial charge in [-0.2, -0.15) is 0 Å². The molecule has 2 rings (SSSR count). The van der Waals surface area contributed by atoms with E-state index in [4.69, 9.17) is 60.6 Å². The largest absolute Gasteiger partial charge is 0.492 e. The number of aromatic nitrogens is 1. The maximum atomic E-state index is 5.99. The first-order valence-corrected chi connectivity index (χ1v) is 9.76. The van der Waals surface area contributed by atoms with Gasteiger partial charge in [-0.3, -0.25) is 0 Å². The Morgan fingerprint density at radius 3 is 2.54 bits per heavy atom. The molecule has 0 atom stereocenters. The van der Waals surface area contributed by atoms with Gasteiger partial charge in [0, 0.05) is 12.6 Å². The molecule has 1 aromatic carbocycles. The summed E-state index contributed by atoms with van der Waals surface area (Å²) in [5.41, 5.74) is 0. The van der Waals surface area contributed by atoms with Crippen LogP contribution in [0.1, 0.15) is 6.42 Å². The lowest BCUT2D eigenvalue weighted by Gasteiger charge is -2.11. The molecule has 26 heavy (non-hydrogen) atoms. The van der Waals surface area contributed by atoms with Crippen molar-refractivity contribution >= 4 is 62.3 Å². The molecule has 0 N–H and O–H groups in total. The van der Waals surface area contributed by atoms with E-state index in [-0.39, 0.29) is 11.1 Å². The molecule has 2 aromatic rings. The topological polar surface area (TPSA) is 40.6 Å². The van der Waals surface area contributed by atoms with E-state index in [1.807, 2.05) is 6.07 Å². The summed E-state index contributed by atoms with van der Waals surface area (Å²) in [7, 11) is 0. The van der Waals surface area contributed by atoms with E-state index in [1.165, 1.54) is 6.20 Å². The van der Waals surface area contributed by atoms with Gasteiger partial charge in [0.2, 0.25) is 5.88 Å². The number of halogens is 5. The molecule has 0 amide bonds. The van der Waals surface area contributed by atoms with Gasteiger partial charge in [-0.15, -0.1) is 0 Å². The summed E-state index contributed by atoms with van der Waals surface area (Å²) >= 11 is 26.3. The van der Waals surface area contributed by atoms with Crippen LogP contribution in [0.4, 0.5) is 0 Å². The summed E-state index contributed by atoms with van der Waals surface area (Å²) in [6, 6.07) is 6.99. The van der Waals surface area contributed by atoms with Gasteiger partial charge in [0.15, 0.2) is 0 Å². The first kappa shape index (κ1) is 21.5. The molecular weight excluding hydrogens is 488 g/mol. The van der Waals surface area contributed by atoms with Crippen molar-refractivity contribution in [3.63, 3.8) is 0 Å². The number of hydrogen-bond acceptors (Lipinski definition) is 4. The Hall–Kier alpha value is -0.850. The van der Waals surface area contributed by atoms with Crippen LogP contribution in [0.5, 0.6) is 17.4 Å². The molecule has 1 aromatic heterocycles. The van der Waals surface area contributed by atoms with Gasteiger partial charge in [0.25, 0.3) is 0 Å². The average Bonchev–Trinajstić information content (AvgIpc) is 2.57. The second-order valence-electron chi connectivity index (χ2n) is 4.89. The second kappa shape index (κ2) is 11.1. The van der Waals surface area contributed by atoms with Crippen LogP contribution >= 0.6 is 62.3 Å². The zero-order chi connectivity index (χ0) is 18.9. The van der Waals surface area contributed by atoms with Crippen LogP contribution in [0.15, 0.2) is 45.5 Å². The summed E-state index contributed by atoms with van der Waals surface area (Å²) in [5, 5.41) is 0.840. The number of pyridine rings is 1. The van der Waals surface area contributed by atoms with Gasteiger partial charge < -0.3 is 14.2 Å².